The molecule has 0 aliphatic carbocycles. The third kappa shape index (κ3) is 6.29. The Labute approximate surface area is 176 Å². The molecule has 4 nitrogen and oxygen atoms in total. The van der Waals surface area contributed by atoms with Crippen LogP contribution in [0.3, 0.4) is 0 Å². The van der Waals surface area contributed by atoms with E-state index in [-0.39, 0.29) is 23.2 Å². The molecule has 0 saturated heterocycles. The highest BCUT2D eigenvalue weighted by atomic mass is 35.5. The van der Waals surface area contributed by atoms with Gasteiger partial charge >= 0.3 is 0 Å². The predicted octanol–water partition coefficient (Wildman–Crippen LogP) is 5.44. The Hall–Kier alpha value is -2.40. The Morgan fingerprint density at radius 3 is 2.62 bits per heavy atom. The van der Waals surface area contributed by atoms with E-state index in [9.17, 15) is 9.18 Å². The number of oxime groups is 1. The fourth-order valence-electron chi connectivity index (χ4n) is 3.26. The Balaban J connectivity index is 1.69. The zero-order valence-corrected chi connectivity index (χ0v) is 17.7. The predicted molar refractivity (Wildman–Crippen MR) is 113 cm³/mol. The van der Waals surface area contributed by atoms with Crippen LogP contribution in [0.1, 0.15) is 44.7 Å². The highest BCUT2D eigenvalue weighted by molar-refractivity contribution is 6.30. The first-order chi connectivity index (χ1) is 13.7. The van der Waals surface area contributed by atoms with Crippen LogP contribution in [0.15, 0.2) is 53.7 Å². The van der Waals surface area contributed by atoms with Crippen molar-refractivity contribution in [1.82, 2.24) is 4.90 Å². The molecule has 2 aromatic carbocycles. The Bertz CT molecular complexity index is 890. The molecule has 0 spiro atoms. The molecule has 1 amide bonds. The molecule has 0 unspecified atom stereocenters. The first kappa shape index (κ1) is 21.3. The molecule has 0 N–H and O–H groups in total. The summed E-state index contributed by atoms with van der Waals surface area (Å²) in [6.07, 6.45) is 0.769. The lowest BCUT2D eigenvalue weighted by Gasteiger charge is -2.28. The van der Waals surface area contributed by atoms with E-state index in [0.717, 1.165) is 16.8 Å². The van der Waals surface area contributed by atoms with Crippen molar-refractivity contribution in [3.63, 3.8) is 0 Å². The van der Waals surface area contributed by atoms with Gasteiger partial charge in [-0.1, -0.05) is 61.8 Å². The molecule has 1 atom stereocenters. The minimum absolute atomic E-state index is 0.0660. The molecule has 0 saturated carbocycles. The van der Waals surface area contributed by atoms with Crippen LogP contribution in [0, 0.1) is 11.2 Å². The third-order valence-electron chi connectivity index (χ3n) is 4.63. The lowest BCUT2D eigenvalue weighted by atomic mass is 9.91. The van der Waals surface area contributed by atoms with Crippen LogP contribution < -0.4 is 0 Å². The van der Waals surface area contributed by atoms with Gasteiger partial charge in [-0.3, -0.25) is 4.79 Å². The summed E-state index contributed by atoms with van der Waals surface area (Å²) in [7, 11) is 0. The van der Waals surface area contributed by atoms with Crippen LogP contribution >= 0.6 is 11.6 Å². The number of nitrogens with zero attached hydrogens (tertiary/aromatic N) is 2. The van der Waals surface area contributed by atoms with E-state index in [1.54, 1.807) is 12.1 Å². The number of hydrogen-bond acceptors (Lipinski definition) is 3. The highest BCUT2D eigenvalue weighted by Crippen LogP contribution is 2.24. The molecule has 0 bridgehead atoms. The van der Waals surface area contributed by atoms with Crippen molar-refractivity contribution < 1.29 is 14.0 Å². The summed E-state index contributed by atoms with van der Waals surface area (Å²) in [5.74, 6) is -0.221. The van der Waals surface area contributed by atoms with Gasteiger partial charge < -0.3 is 9.74 Å². The number of carbonyl (C=O) groups excluding carboxylic acids is 1. The molecule has 0 radical (unpaired) electrons. The largest absolute Gasteiger partial charge is 0.390 e. The number of benzene rings is 2. The van der Waals surface area contributed by atoms with Crippen LogP contribution in [0.2, 0.25) is 5.02 Å². The molecular formula is C23H26ClFN2O2. The van der Waals surface area contributed by atoms with Crippen molar-refractivity contribution in [2.75, 3.05) is 6.54 Å². The number of rotatable bonds is 6. The summed E-state index contributed by atoms with van der Waals surface area (Å²) in [5.41, 5.74) is 2.45. The lowest BCUT2D eigenvalue weighted by Crippen LogP contribution is -2.38. The molecular weight excluding hydrogens is 391 g/mol. The van der Waals surface area contributed by atoms with E-state index in [1.807, 2.05) is 49.9 Å². The van der Waals surface area contributed by atoms with Crippen molar-refractivity contribution >= 4 is 23.2 Å². The molecule has 1 aliphatic rings. The number of hydrogen-bond donors (Lipinski definition) is 0. The van der Waals surface area contributed by atoms with Crippen molar-refractivity contribution in [1.29, 1.82) is 0 Å². The zero-order chi connectivity index (χ0) is 21.0. The molecule has 1 heterocycles. The van der Waals surface area contributed by atoms with Gasteiger partial charge in [0.25, 0.3) is 0 Å². The zero-order valence-electron chi connectivity index (χ0n) is 17.0. The van der Waals surface area contributed by atoms with E-state index >= 15 is 0 Å². The van der Waals surface area contributed by atoms with E-state index in [0.29, 0.717) is 31.0 Å². The summed E-state index contributed by atoms with van der Waals surface area (Å²) in [6.45, 7) is 7.02. The summed E-state index contributed by atoms with van der Waals surface area (Å²) in [4.78, 5) is 20.4. The van der Waals surface area contributed by atoms with Crippen molar-refractivity contribution in [3.05, 3.63) is 70.5 Å². The average molecular weight is 417 g/mol. The molecule has 3 rings (SSSR count). The van der Waals surface area contributed by atoms with Gasteiger partial charge in [-0.2, -0.15) is 0 Å². The number of carbonyl (C=O) groups is 1. The maximum atomic E-state index is 13.2. The summed E-state index contributed by atoms with van der Waals surface area (Å²) in [6, 6.07) is 13.7. The number of halogens is 2. The minimum Gasteiger partial charge on any atom is -0.390 e. The maximum absolute atomic E-state index is 13.2. The first-order valence-corrected chi connectivity index (χ1v) is 10.1. The molecule has 154 valence electrons. The monoisotopic (exact) mass is 416 g/mol. The van der Waals surface area contributed by atoms with Gasteiger partial charge in [-0.05, 0) is 40.8 Å². The molecule has 1 aliphatic heterocycles. The second kappa shape index (κ2) is 8.95. The standard InChI is InChI=1S/C23H26ClFN2O2/c1-23(2,3)13-22(28)27(14-16-5-4-6-18(24)11-16)15-20-12-21(26-29-20)17-7-9-19(25)10-8-17/h4-11,20H,12-15H2,1-3H3/t20-/m0/s1. The van der Waals surface area contributed by atoms with Gasteiger partial charge in [0.1, 0.15) is 5.82 Å². The van der Waals surface area contributed by atoms with Crippen LogP contribution in [0.4, 0.5) is 4.39 Å². The maximum Gasteiger partial charge on any atom is 0.223 e. The van der Waals surface area contributed by atoms with Gasteiger partial charge in [0.2, 0.25) is 5.91 Å². The molecule has 0 fully saturated rings. The fraction of sp³-hybridized carbons (Fsp3) is 0.391. The van der Waals surface area contributed by atoms with Crippen LogP contribution in [0.5, 0.6) is 0 Å². The van der Waals surface area contributed by atoms with E-state index < -0.39 is 0 Å². The molecule has 29 heavy (non-hydrogen) atoms. The Morgan fingerprint density at radius 1 is 1.24 bits per heavy atom. The quantitative estimate of drug-likeness (QED) is 0.629. The minimum atomic E-state index is -0.287. The second-order valence-corrected chi connectivity index (χ2v) is 9.05. The normalized spacial score (nSPS) is 16.3. The fourth-order valence-corrected chi connectivity index (χ4v) is 3.47. The van der Waals surface area contributed by atoms with Crippen LogP contribution in [0.25, 0.3) is 0 Å². The first-order valence-electron chi connectivity index (χ1n) is 9.70. The van der Waals surface area contributed by atoms with Gasteiger partial charge in [-0.15, -0.1) is 0 Å². The van der Waals surface area contributed by atoms with Crippen molar-refractivity contribution in [3.8, 4) is 0 Å². The van der Waals surface area contributed by atoms with Gasteiger partial charge in [0.05, 0.1) is 12.3 Å². The smallest absolute Gasteiger partial charge is 0.223 e. The van der Waals surface area contributed by atoms with Gasteiger partial charge in [0, 0.05) is 24.4 Å². The van der Waals surface area contributed by atoms with E-state index in [4.69, 9.17) is 16.4 Å². The van der Waals surface area contributed by atoms with Crippen molar-refractivity contribution in [2.45, 2.75) is 46.3 Å². The van der Waals surface area contributed by atoms with Gasteiger partial charge in [0.15, 0.2) is 6.10 Å². The van der Waals surface area contributed by atoms with Gasteiger partial charge in [-0.25, -0.2) is 4.39 Å². The second-order valence-electron chi connectivity index (χ2n) is 8.62. The Kier molecular flexibility index (Phi) is 6.58. The molecule has 6 heteroatoms. The lowest BCUT2D eigenvalue weighted by molar-refractivity contribution is -0.135. The summed E-state index contributed by atoms with van der Waals surface area (Å²) in [5, 5.41) is 4.80. The SMILES string of the molecule is CC(C)(C)CC(=O)N(Cc1cccc(Cl)c1)C[C@@H]1CC(c2ccc(F)cc2)=NO1. The highest BCUT2D eigenvalue weighted by Gasteiger charge is 2.28. The molecule has 2 aromatic rings. The third-order valence-corrected chi connectivity index (χ3v) is 4.87. The Morgan fingerprint density at radius 2 is 1.97 bits per heavy atom. The van der Waals surface area contributed by atoms with Crippen LogP contribution in [-0.4, -0.2) is 29.2 Å². The summed E-state index contributed by atoms with van der Waals surface area (Å²) >= 11 is 6.11. The molecule has 0 aromatic heterocycles. The summed E-state index contributed by atoms with van der Waals surface area (Å²) < 4.78 is 13.2. The van der Waals surface area contributed by atoms with E-state index in [1.165, 1.54) is 12.1 Å². The van der Waals surface area contributed by atoms with Crippen LogP contribution in [-0.2, 0) is 16.2 Å². The van der Waals surface area contributed by atoms with Crippen molar-refractivity contribution in [2.24, 2.45) is 10.6 Å². The average Bonchev–Trinajstić information content (AvgIpc) is 3.09. The number of amides is 1. The van der Waals surface area contributed by atoms with E-state index in [2.05, 4.69) is 5.16 Å². The topological polar surface area (TPSA) is 41.9 Å².